The molecule has 5 heteroatoms. The summed E-state index contributed by atoms with van der Waals surface area (Å²) >= 11 is 0. The molecule has 24 heavy (non-hydrogen) atoms. The first-order chi connectivity index (χ1) is 11.5. The number of piperidine rings is 1. The molecule has 0 unspecified atom stereocenters. The molecule has 1 aromatic carbocycles. The molecule has 3 rings (SSSR count). The van der Waals surface area contributed by atoms with Gasteiger partial charge in [0.2, 0.25) is 5.91 Å². The Balaban J connectivity index is 1.82. The van der Waals surface area contributed by atoms with E-state index in [9.17, 15) is 9.59 Å². The van der Waals surface area contributed by atoms with Gasteiger partial charge in [-0.3, -0.25) is 9.59 Å². The van der Waals surface area contributed by atoms with Gasteiger partial charge in [0.1, 0.15) is 0 Å². The standard InChI is InChI=1S/C19H27N3O2/c1-13-8-10-22(11-9-13)19(24)16-12-15(6-7-17(16)21(2)3)20-18(23)14-4-5-14/h6-7,12-14H,4-5,8-11H2,1-3H3,(H,20,23). The molecule has 2 amide bonds. The van der Waals surface area contributed by atoms with Crippen LogP contribution in [0.15, 0.2) is 18.2 Å². The van der Waals surface area contributed by atoms with E-state index in [-0.39, 0.29) is 17.7 Å². The summed E-state index contributed by atoms with van der Waals surface area (Å²) in [6.07, 6.45) is 4.06. The summed E-state index contributed by atoms with van der Waals surface area (Å²) in [4.78, 5) is 28.9. The van der Waals surface area contributed by atoms with Crippen molar-refractivity contribution in [2.45, 2.75) is 32.6 Å². The number of benzene rings is 1. The topological polar surface area (TPSA) is 52.7 Å². The van der Waals surface area contributed by atoms with Crippen LogP contribution in [-0.4, -0.2) is 43.9 Å². The molecule has 1 saturated carbocycles. The largest absolute Gasteiger partial charge is 0.377 e. The number of carbonyl (C=O) groups is 2. The third kappa shape index (κ3) is 3.71. The fourth-order valence-corrected chi connectivity index (χ4v) is 3.15. The molecule has 1 aliphatic carbocycles. The molecule has 0 spiro atoms. The van der Waals surface area contributed by atoms with Gasteiger partial charge in [0.25, 0.3) is 5.91 Å². The molecule has 1 N–H and O–H groups in total. The van der Waals surface area contributed by atoms with Gasteiger partial charge >= 0.3 is 0 Å². The zero-order valence-corrected chi connectivity index (χ0v) is 14.8. The summed E-state index contributed by atoms with van der Waals surface area (Å²) in [7, 11) is 3.87. The van der Waals surface area contributed by atoms with Crippen molar-refractivity contribution in [1.82, 2.24) is 4.90 Å². The first kappa shape index (κ1) is 16.8. The lowest BCUT2D eigenvalue weighted by Gasteiger charge is -2.31. The van der Waals surface area contributed by atoms with Crippen LogP contribution in [0.1, 0.15) is 43.0 Å². The molecule has 0 aromatic heterocycles. The summed E-state index contributed by atoms with van der Waals surface area (Å²) in [5.41, 5.74) is 2.28. The number of likely N-dealkylation sites (tertiary alicyclic amines) is 1. The summed E-state index contributed by atoms with van der Waals surface area (Å²) in [5.74, 6) is 0.971. The fraction of sp³-hybridized carbons (Fsp3) is 0.579. The summed E-state index contributed by atoms with van der Waals surface area (Å²) < 4.78 is 0. The number of hydrogen-bond acceptors (Lipinski definition) is 3. The molecule has 2 fully saturated rings. The Morgan fingerprint density at radius 2 is 1.79 bits per heavy atom. The Labute approximate surface area is 144 Å². The van der Waals surface area contributed by atoms with Crippen LogP contribution < -0.4 is 10.2 Å². The number of anilines is 2. The van der Waals surface area contributed by atoms with Crippen molar-refractivity contribution in [3.8, 4) is 0 Å². The normalized spacial score (nSPS) is 18.4. The monoisotopic (exact) mass is 329 g/mol. The van der Waals surface area contributed by atoms with Crippen LogP contribution in [0.3, 0.4) is 0 Å². The van der Waals surface area contributed by atoms with Crippen molar-refractivity contribution in [2.24, 2.45) is 11.8 Å². The van der Waals surface area contributed by atoms with Gasteiger partial charge in [0, 0.05) is 44.5 Å². The Bertz CT molecular complexity index is 629. The number of nitrogens with zero attached hydrogens (tertiary/aromatic N) is 2. The van der Waals surface area contributed by atoms with E-state index in [0.717, 1.165) is 44.5 Å². The quantitative estimate of drug-likeness (QED) is 0.924. The number of rotatable bonds is 4. The van der Waals surface area contributed by atoms with E-state index in [1.165, 1.54) is 0 Å². The maximum atomic E-state index is 13.0. The molecule has 5 nitrogen and oxygen atoms in total. The summed E-state index contributed by atoms with van der Waals surface area (Å²) in [5, 5.41) is 2.95. The van der Waals surface area contributed by atoms with Gasteiger partial charge in [-0.25, -0.2) is 0 Å². The van der Waals surface area contributed by atoms with Crippen LogP contribution >= 0.6 is 0 Å². The lowest BCUT2D eigenvalue weighted by atomic mass is 9.98. The minimum atomic E-state index is 0.0631. The molecule has 1 saturated heterocycles. The minimum Gasteiger partial charge on any atom is -0.377 e. The van der Waals surface area contributed by atoms with Crippen molar-refractivity contribution in [3.05, 3.63) is 23.8 Å². The van der Waals surface area contributed by atoms with Crippen molar-refractivity contribution < 1.29 is 9.59 Å². The van der Waals surface area contributed by atoms with Crippen molar-refractivity contribution in [1.29, 1.82) is 0 Å². The third-order valence-electron chi connectivity index (χ3n) is 5.00. The Morgan fingerprint density at radius 1 is 1.12 bits per heavy atom. The van der Waals surface area contributed by atoms with Gasteiger partial charge in [-0.05, 0) is 49.8 Å². The molecule has 0 radical (unpaired) electrons. The van der Waals surface area contributed by atoms with E-state index in [1.807, 2.05) is 42.1 Å². The van der Waals surface area contributed by atoms with E-state index in [2.05, 4.69) is 12.2 Å². The molecule has 2 aliphatic rings. The fourth-order valence-electron chi connectivity index (χ4n) is 3.15. The van der Waals surface area contributed by atoms with E-state index in [1.54, 1.807) is 0 Å². The molecular formula is C19H27N3O2. The Hall–Kier alpha value is -2.04. The van der Waals surface area contributed by atoms with Crippen molar-refractivity contribution in [3.63, 3.8) is 0 Å². The molecule has 1 aromatic rings. The van der Waals surface area contributed by atoms with Gasteiger partial charge in [0.05, 0.1) is 5.56 Å². The molecule has 1 aliphatic heterocycles. The van der Waals surface area contributed by atoms with Gasteiger partial charge in [-0.2, -0.15) is 0 Å². The minimum absolute atomic E-state index is 0.0631. The van der Waals surface area contributed by atoms with E-state index >= 15 is 0 Å². The third-order valence-corrected chi connectivity index (χ3v) is 5.00. The number of amides is 2. The van der Waals surface area contributed by atoms with Crippen molar-refractivity contribution in [2.75, 3.05) is 37.4 Å². The number of carbonyl (C=O) groups excluding carboxylic acids is 2. The lowest BCUT2D eigenvalue weighted by molar-refractivity contribution is -0.117. The van der Waals surface area contributed by atoms with Crippen LogP contribution in [0, 0.1) is 11.8 Å². The SMILES string of the molecule is CC1CCN(C(=O)c2cc(NC(=O)C3CC3)ccc2N(C)C)CC1. The van der Waals surface area contributed by atoms with E-state index in [0.29, 0.717) is 17.2 Å². The maximum absolute atomic E-state index is 13.0. The number of hydrogen-bond donors (Lipinski definition) is 1. The highest BCUT2D eigenvalue weighted by Crippen LogP contribution is 2.31. The second kappa shape index (κ2) is 6.83. The van der Waals surface area contributed by atoms with Gasteiger partial charge in [-0.1, -0.05) is 6.92 Å². The summed E-state index contributed by atoms with van der Waals surface area (Å²) in [6, 6.07) is 5.63. The molecule has 0 atom stereocenters. The zero-order chi connectivity index (χ0) is 17.3. The highest BCUT2D eigenvalue weighted by molar-refractivity contribution is 6.02. The predicted octanol–water partition coefficient (Wildman–Crippen LogP) is 2.97. The smallest absolute Gasteiger partial charge is 0.256 e. The van der Waals surface area contributed by atoms with Crippen LogP contribution in [0.5, 0.6) is 0 Å². The highest BCUT2D eigenvalue weighted by Gasteiger charge is 2.30. The zero-order valence-electron chi connectivity index (χ0n) is 14.8. The van der Waals surface area contributed by atoms with Crippen LogP contribution in [0.25, 0.3) is 0 Å². The first-order valence-corrected chi connectivity index (χ1v) is 8.87. The van der Waals surface area contributed by atoms with E-state index in [4.69, 9.17) is 0 Å². The van der Waals surface area contributed by atoms with Gasteiger partial charge in [-0.15, -0.1) is 0 Å². The van der Waals surface area contributed by atoms with Crippen molar-refractivity contribution >= 4 is 23.2 Å². The molecule has 130 valence electrons. The van der Waals surface area contributed by atoms with Crippen LogP contribution in [0.2, 0.25) is 0 Å². The molecule has 0 bridgehead atoms. The molecular weight excluding hydrogens is 302 g/mol. The van der Waals surface area contributed by atoms with Crippen LogP contribution in [-0.2, 0) is 4.79 Å². The average Bonchev–Trinajstić information content (AvgIpc) is 3.39. The second-order valence-corrected chi connectivity index (χ2v) is 7.36. The van der Waals surface area contributed by atoms with E-state index < -0.39 is 0 Å². The first-order valence-electron chi connectivity index (χ1n) is 8.87. The summed E-state index contributed by atoms with van der Waals surface area (Å²) in [6.45, 7) is 3.86. The van der Waals surface area contributed by atoms with Gasteiger partial charge < -0.3 is 15.1 Å². The number of nitrogens with one attached hydrogen (secondary N) is 1. The molecule has 1 heterocycles. The highest BCUT2D eigenvalue weighted by atomic mass is 16.2. The maximum Gasteiger partial charge on any atom is 0.256 e. The average molecular weight is 329 g/mol. The predicted molar refractivity (Wildman–Crippen MR) is 96.4 cm³/mol. The lowest BCUT2D eigenvalue weighted by Crippen LogP contribution is -2.38. The van der Waals surface area contributed by atoms with Crippen LogP contribution in [0.4, 0.5) is 11.4 Å². The Kier molecular flexibility index (Phi) is 4.78. The second-order valence-electron chi connectivity index (χ2n) is 7.36. The van der Waals surface area contributed by atoms with Gasteiger partial charge in [0.15, 0.2) is 0 Å². The Morgan fingerprint density at radius 3 is 2.38 bits per heavy atom.